The molecule has 74 valence electrons. The number of hydrogen-bond acceptors (Lipinski definition) is 3. The Balaban J connectivity index is 3.18. The lowest BCUT2D eigenvalue weighted by Gasteiger charge is -2.22. The molecule has 0 fully saturated rings. The molecule has 14 heavy (non-hydrogen) atoms. The topological polar surface area (TPSA) is 70.0 Å². The van der Waals surface area contributed by atoms with Crippen LogP contribution in [0.15, 0.2) is 18.2 Å². The number of nitrogens with zero attached hydrogens (tertiary/aromatic N) is 1. The molecule has 0 heterocycles. The van der Waals surface area contributed by atoms with Gasteiger partial charge < -0.3 is 10.8 Å². The summed E-state index contributed by atoms with van der Waals surface area (Å²) in [5.41, 5.74) is 4.99. The molecule has 3 nitrogen and oxygen atoms in total. The van der Waals surface area contributed by atoms with E-state index in [9.17, 15) is 9.50 Å². The summed E-state index contributed by atoms with van der Waals surface area (Å²) in [6, 6.07) is 5.41. The molecule has 0 bridgehead atoms. The maximum atomic E-state index is 12.9. The third-order valence-corrected chi connectivity index (χ3v) is 2.02. The molecule has 0 aromatic heterocycles. The maximum Gasteiger partial charge on any atom is 0.123 e. The Bertz CT molecular complexity index is 382. The molecule has 0 saturated heterocycles. The quantitative estimate of drug-likeness (QED) is 0.751. The van der Waals surface area contributed by atoms with Crippen LogP contribution in [0.2, 0.25) is 0 Å². The highest BCUT2D eigenvalue weighted by Crippen LogP contribution is 2.29. The number of nitrogens with two attached hydrogens (primary N) is 1. The first-order valence-electron chi connectivity index (χ1n) is 4.12. The van der Waals surface area contributed by atoms with E-state index in [1.54, 1.807) is 6.92 Å². The standard InChI is InChI=1S/C10H11FN2O/c1-10(13,4-5-12)8-6-7(11)2-3-9(8)14/h2-3,6,14H,4,13H2,1H3. The maximum absolute atomic E-state index is 12.9. The lowest BCUT2D eigenvalue weighted by Crippen LogP contribution is -2.32. The van der Waals surface area contributed by atoms with Crippen LogP contribution in [-0.2, 0) is 5.54 Å². The van der Waals surface area contributed by atoms with Crippen molar-refractivity contribution in [3.05, 3.63) is 29.6 Å². The van der Waals surface area contributed by atoms with E-state index in [1.165, 1.54) is 6.07 Å². The third-order valence-electron chi connectivity index (χ3n) is 2.02. The van der Waals surface area contributed by atoms with Gasteiger partial charge in [0.05, 0.1) is 18.0 Å². The van der Waals surface area contributed by atoms with E-state index in [0.29, 0.717) is 0 Å². The molecule has 1 rings (SSSR count). The van der Waals surface area contributed by atoms with Gasteiger partial charge in [0, 0.05) is 5.56 Å². The molecule has 1 unspecified atom stereocenters. The molecule has 0 aliphatic heterocycles. The summed E-state index contributed by atoms with van der Waals surface area (Å²) >= 11 is 0. The van der Waals surface area contributed by atoms with E-state index in [0.717, 1.165) is 12.1 Å². The second kappa shape index (κ2) is 3.64. The van der Waals surface area contributed by atoms with Gasteiger partial charge in [0.2, 0.25) is 0 Å². The zero-order valence-electron chi connectivity index (χ0n) is 7.79. The summed E-state index contributed by atoms with van der Waals surface area (Å²) in [6.45, 7) is 1.57. The molecule has 1 atom stereocenters. The van der Waals surface area contributed by atoms with Gasteiger partial charge in [-0.1, -0.05) is 0 Å². The molecular formula is C10H11FN2O. The summed E-state index contributed by atoms with van der Waals surface area (Å²) in [7, 11) is 0. The van der Waals surface area contributed by atoms with Crippen molar-refractivity contribution in [1.29, 1.82) is 5.26 Å². The van der Waals surface area contributed by atoms with Crippen molar-refractivity contribution in [1.82, 2.24) is 0 Å². The van der Waals surface area contributed by atoms with Crippen molar-refractivity contribution in [3.63, 3.8) is 0 Å². The Hall–Kier alpha value is -1.60. The van der Waals surface area contributed by atoms with Gasteiger partial charge in [-0.3, -0.25) is 0 Å². The van der Waals surface area contributed by atoms with Crippen LogP contribution < -0.4 is 5.73 Å². The number of phenols is 1. The Morgan fingerprint density at radius 1 is 1.64 bits per heavy atom. The van der Waals surface area contributed by atoms with Gasteiger partial charge in [-0.15, -0.1) is 0 Å². The predicted octanol–water partition coefficient (Wildman–Crippen LogP) is 1.62. The molecular weight excluding hydrogens is 183 g/mol. The van der Waals surface area contributed by atoms with Crippen molar-refractivity contribution in [3.8, 4) is 11.8 Å². The lowest BCUT2D eigenvalue weighted by atomic mass is 9.89. The highest BCUT2D eigenvalue weighted by molar-refractivity contribution is 5.38. The molecule has 0 saturated carbocycles. The molecule has 1 aromatic carbocycles. The van der Waals surface area contributed by atoms with E-state index in [-0.39, 0.29) is 17.7 Å². The molecule has 0 amide bonds. The third kappa shape index (κ3) is 2.01. The van der Waals surface area contributed by atoms with Crippen molar-refractivity contribution in [2.45, 2.75) is 18.9 Å². The van der Waals surface area contributed by atoms with Gasteiger partial charge >= 0.3 is 0 Å². The lowest BCUT2D eigenvalue weighted by molar-refractivity contribution is 0.424. The Morgan fingerprint density at radius 2 is 2.29 bits per heavy atom. The summed E-state index contributed by atoms with van der Waals surface area (Å²) in [5.74, 6) is -0.570. The molecule has 4 heteroatoms. The van der Waals surface area contributed by atoms with Crippen molar-refractivity contribution in [2.24, 2.45) is 5.73 Å². The zero-order chi connectivity index (χ0) is 10.8. The number of nitriles is 1. The monoisotopic (exact) mass is 194 g/mol. The highest BCUT2D eigenvalue weighted by atomic mass is 19.1. The second-order valence-electron chi connectivity index (χ2n) is 3.41. The van der Waals surface area contributed by atoms with Crippen LogP contribution in [0, 0.1) is 17.1 Å². The average Bonchev–Trinajstić information content (AvgIpc) is 2.09. The second-order valence-corrected chi connectivity index (χ2v) is 3.41. The number of rotatable bonds is 2. The Labute approximate surface area is 81.6 Å². The minimum absolute atomic E-state index is 0.0179. The first-order valence-corrected chi connectivity index (χ1v) is 4.12. The predicted molar refractivity (Wildman–Crippen MR) is 49.8 cm³/mol. The fraction of sp³-hybridized carbons (Fsp3) is 0.300. The SMILES string of the molecule is CC(N)(CC#N)c1cc(F)ccc1O. The van der Waals surface area contributed by atoms with Crippen molar-refractivity contribution >= 4 is 0 Å². The van der Waals surface area contributed by atoms with E-state index >= 15 is 0 Å². The first-order chi connectivity index (χ1) is 6.47. The summed E-state index contributed by atoms with van der Waals surface area (Å²) in [5, 5.41) is 18.0. The molecule has 0 aliphatic rings. The Kier molecular flexibility index (Phi) is 2.73. The number of hydrogen-bond donors (Lipinski definition) is 2. The summed E-state index contributed by atoms with van der Waals surface area (Å²) < 4.78 is 12.9. The van der Waals surface area contributed by atoms with Crippen molar-refractivity contribution in [2.75, 3.05) is 0 Å². The average molecular weight is 194 g/mol. The van der Waals surface area contributed by atoms with Gasteiger partial charge in [-0.05, 0) is 25.1 Å². The number of benzene rings is 1. The van der Waals surface area contributed by atoms with Crippen LogP contribution >= 0.6 is 0 Å². The van der Waals surface area contributed by atoms with E-state index in [2.05, 4.69) is 0 Å². The van der Waals surface area contributed by atoms with Crippen LogP contribution in [0.3, 0.4) is 0 Å². The summed E-state index contributed by atoms with van der Waals surface area (Å²) in [4.78, 5) is 0. The van der Waals surface area contributed by atoms with E-state index < -0.39 is 11.4 Å². The fourth-order valence-corrected chi connectivity index (χ4v) is 1.23. The van der Waals surface area contributed by atoms with Crippen LogP contribution in [0.1, 0.15) is 18.9 Å². The summed E-state index contributed by atoms with van der Waals surface area (Å²) in [6.07, 6.45) is 0.0179. The van der Waals surface area contributed by atoms with E-state index in [4.69, 9.17) is 11.0 Å². The van der Waals surface area contributed by atoms with Crippen LogP contribution in [0.25, 0.3) is 0 Å². The van der Waals surface area contributed by atoms with Crippen LogP contribution in [0.4, 0.5) is 4.39 Å². The van der Waals surface area contributed by atoms with E-state index in [1.807, 2.05) is 6.07 Å². The van der Waals surface area contributed by atoms with Gasteiger partial charge in [-0.25, -0.2) is 4.39 Å². The minimum Gasteiger partial charge on any atom is -0.508 e. The molecule has 0 aliphatic carbocycles. The fourth-order valence-electron chi connectivity index (χ4n) is 1.23. The normalized spacial score (nSPS) is 14.4. The number of aromatic hydroxyl groups is 1. The van der Waals surface area contributed by atoms with Gasteiger partial charge in [0.15, 0.2) is 0 Å². The zero-order valence-corrected chi connectivity index (χ0v) is 7.79. The molecule has 0 spiro atoms. The first kappa shape index (κ1) is 10.5. The molecule has 3 N–H and O–H groups in total. The van der Waals surface area contributed by atoms with Gasteiger partial charge in [0.25, 0.3) is 0 Å². The number of phenolic OH excluding ortho intramolecular Hbond substituents is 1. The highest BCUT2D eigenvalue weighted by Gasteiger charge is 2.24. The van der Waals surface area contributed by atoms with Crippen LogP contribution in [0.5, 0.6) is 5.75 Å². The Morgan fingerprint density at radius 3 is 2.86 bits per heavy atom. The van der Waals surface area contributed by atoms with Crippen LogP contribution in [-0.4, -0.2) is 5.11 Å². The van der Waals surface area contributed by atoms with Crippen molar-refractivity contribution < 1.29 is 9.50 Å². The number of halogens is 1. The molecule has 1 aromatic rings. The molecule has 0 radical (unpaired) electrons. The minimum atomic E-state index is -1.03. The van der Waals surface area contributed by atoms with Gasteiger partial charge in [-0.2, -0.15) is 5.26 Å². The smallest absolute Gasteiger partial charge is 0.123 e. The largest absolute Gasteiger partial charge is 0.508 e. The van der Waals surface area contributed by atoms with Gasteiger partial charge in [0.1, 0.15) is 11.6 Å².